The van der Waals surface area contributed by atoms with Crippen LogP contribution in [0, 0.1) is 12.8 Å². The van der Waals surface area contributed by atoms with E-state index >= 15 is 0 Å². The summed E-state index contributed by atoms with van der Waals surface area (Å²) < 4.78 is 0. The fourth-order valence-corrected chi connectivity index (χ4v) is 5.54. The zero-order valence-corrected chi connectivity index (χ0v) is 22.2. The highest BCUT2D eigenvalue weighted by molar-refractivity contribution is 5.94. The van der Waals surface area contributed by atoms with Gasteiger partial charge in [-0.2, -0.15) is 5.10 Å². The number of imidazole rings is 1. The van der Waals surface area contributed by atoms with Crippen molar-refractivity contribution in [3.8, 4) is 22.6 Å². The average molecular weight is 516 g/mol. The Balaban J connectivity index is 1.29. The maximum absolute atomic E-state index is 4.98. The van der Waals surface area contributed by atoms with Gasteiger partial charge in [0, 0.05) is 59.1 Å². The Morgan fingerprint density at radius 2 is 1.97 bits per heavy atom. The van der Waals surface area contributed by atoms with Crippen molar-refractivity contribution in [2.75, 3.05) is 6.54 Å². The molecule has 0 aliphatic heterocycles. The predicted octanol–water partition coefficient (Wildman–Crippen LogP) is 6.62. The van der Waals surface area contributed by atoms with Gasteiger partial charge in [0.2, 0.25) is 0 Å². The second-order valence-electron chi connectivity index (χ2n) is 10.3. The molecule has 7 nitrogen and oxygen atoms in total. The van der Waals surface area contributed by atoms with Gasteiger partial charge in [-0.15, -0.1) is 0 Å². The number of rotatable bonds is 9. The van der Waals surface area contributed by atoms with Crippen molar-refractivity contribution in [1.82, 2.24) is 35.5 Å². The third-order valence-corrected chi connectivity index (χ3v) is 7.55. The molecule has 0 radical (unpaired) electrons. The molecule has 0 atom stereocenters. The molecule has 0 spiro atoms. The van der Waals surface area contributed by atoms with Crippen molar-refractivity contribution in [2.45, 2.75) is 39.2 Å². The number of benzene rings is 1. The van der Waals surface area contributed by atoms with Crippen LogP contribution in [0.3, 0.4) is 0 Å². The molecule has 196 valence electrons. The molecule has 39 heavy (non-hydrogen) atoms. The number of nitrogens with one attached hydrogen (secondary N) is 3. The summed E-state index contributed by atoms with van der Waals surface area (Å²) in [5.41, 5.74) is 8.88. The number of aryl methyl sites for hydroxylation is 1. The predicted molar refractivity (Wildman–Crippen MR) is 157 cm³/mol. The van der Waals surface area contributed by atoms with E-state index in [1.54, 1.807) is 12.3 Å². The highest BCUT2D eigenvalue weighted by Crippen LogP contribution is 2.32. The second kappa shape index (κ2) is 11.2. The van der Waals surface area contributed by atoms with Crippen LogP contribution in [-0.2, 0) is 6.54 Å². The van der Waals surface area contributed by atoms with Gasteiger partial charge in [0.1, 0.15) is 5.69 Å². The summed E-state index contributed by atoms with van der Waals surface area (Å²) in [6, 6.07) is 12.5. The van der Waals surface area contributed by atoms with Crippen LogP contribution in [0.25, 0.3) is 39.1 Å². The molecule has 0 unspecified atom stereocenters. The molecular weight excluding hydrogens is 482 g/mol. The molecule has 1 saturated carbocycles. The number of hydrogen-bond donors (Lipinski definition) is 3. The first-order valence-electron chi connectivity index (χ1n) is 13.6. The molecule has 0 bridgehead atoms. The maximum Gasteiger partial charge on any atom is 0.159 e. The van der Waals surface area contributed by atoms with Crippen molar-refractivity contribution >= 4 is 16.5 Å². The first-order chi connectivity index (χ1) is 19.2. The summed E-state index contributed by atoms with van der Waals surface area (Å²) in [4.78, 5) is 17.2. The largest absolute Gasteiger partial charge is 0.340 e. The maximum atomic E-state index is 4.98. The number of aromatic nitrogens is 6. The van der Waals surface area contributed by atoms with E-state index in [1.165, 1.54) is 31.2 Å². The summed E-state index contributed by atoms with van der Waals surface area (Å²) in [7, 11) is 0. The van der Waals surface area contributed by atoms with E-state index in [1.807, 2.05) is 43.7 Å². The highest BCUT2D eigenvalue weighted by atomic mass is 15.1. The molecule has 1 aromatic carbocycles. The SMILES string of the molecule is C=C/C=C(/c1cccnc1)c1nc(-c2n[nH]c3ccc(-c4cncc(CNCC5CCCC5)c4)cc23)[nH]c1C. The Labute approximate surface area is 228 Å². The van der Waals surface area contributed by atoms with Crippen molar-refractivity contribution < 1.29 is 0 Å². The molecule has 5 aromatic rings. The standard InChI is InChI=1S/C32H33N7/c1-3-7-27(25-10-6-13-33-19-25)30-21(2)36-32(37-30)31-28-15-24(11-12-29(28)38-39-31)26-14-23(18-35-20-26)17-34-16-22-8-4-5-9-22/h3,6-7,10-15,18-20,22,34H,1,4-5,8-9,16-17H2,2H3,(H,36,37)(H,38,39)/b27-7-. The first-order valence-corrected chi connectivity index (χ1v) is 13.6. The molecule has 1 aliphatic rings. The first kappa shape index (κ1) is 24.9. The molecule has 1 fully saturated rings. The van der Waals surface area contributed by atoms with Crippen LogP contribution < -0.4 is 5.32 Å². The molecule has 6 rings (SSSR count). The molecule has 1 aliphatic carbocycles. The zero-order chi connectivity index (χ0) is 26.6. The quantitative estimate of drug-likeness (QED) is 0.192. The van der Waals surface area contributed by atoms with Gasteiger partial charge in [0.25, 0.3) is 0 Å². The summed E-state index contributed by atoms with van der Waals surface area (Å²) in [6.07, 6.45) is 16.7. The molecule has 4 heterocycles. The van der Waals surface area contributed by atoms with Gasteiger partial charge < -0.3 is 10.3 Å². The van der Waals surface area contributed by atoms with Crippen LogP contribution in [-0.4, -0.2) is 36.7 Å². The van der Waals surface area contributed by atoms with Crippen molar-refractivity contribution in [1.29, 1.82) is 0 Å². The van der Waals surface area contributed by atoms with E-state index in [2.05, 4.69) is 61.3 Å². The van der Waals surface area contributed by atoms with Crippen LogP contribution in [0.1, 0.15) is 48.2 Å². The second-order valence-corrected chi connectivity index (χ2v) is 10.3. The average Bonchev–Trinajstić information content (AvgIpc) is 3.72. The molecule has 4 aromatic heterocycles. The number of hydrogen-bond acceptors (Lipinski definition) is 5. The van der Waals surface area contributed by atoms with Gasteiger partial charge in [0.05, 0.1) is 11.2 Å². The number of aromatic amines is 2. The van der Waals surface area contributed by atoms with Gasteiger partial charge >= 0.3 is 0 Å². The molecule has 0 saturated heterocycles. The van der Waals surface area contributed by atoms with Crippen molar-refractivity contribution in [3.05, 3.63) is 102 Å². The zero-order valence-electron chi connectivity index (χ0n) is 22.2. The minimum atomic E-state index is 0.716. The summed E-state index contributed by atoms with van der Waals surface area (Å²) in [5.74, 6) is 1.54. The van der Waals surface area contributed by atoms with Crippen LogP contribution in [0.4, 0.5) is 0 Å². The number of pyridine rings is 2. The van der Waals surface area contributed by atoms with Crippen LogP contribution >= 0.6 is 0 Å². The van der Waals surface area contributed by atoms with Crippen LogP contribution in [0.2, 0.25) is 0 Å². The van der Waals surface area contributed by atoms with Gasteiger partial charge in [-0.05, 0) is 67.6 Å². The topological polar surface area (TPSA) is 95.2 Å². The third kappa shape index (κ3) is 5.31. The van der Waals surface area contributed by atoms with E-state index in [0.717, 1.165) is 69.3 Å². The minimum Gasteiger partial charge on any atom is -0.340 e. The summed E-state index contributed by atoms with van der Waals surface area (Å²) in [6.45, 7) is 7.84. The van der Waals surface area contributed by atoms with Crippen molar-refractivity contribution in [2.24, 2.45) is 5.92 Å². The third-order valence-electron chi connectivity index (χ3n) is 7.55. The lowest BCUT2D eigenvalue weighted by atomic mass is 10.0. The van der Waals surface area contributed by atoms with Crippen molar-refractivity contribution in [3.63, 3.8) is 0 Å². The Hall–Kier alpha value is -4.36. The molecular formula is C32H33N7. The monoisotopic (exact) mass is 515 g/mol. The fourth-order valence-electron chi connectivity index (χ4n) is 5.54. The van der Waals surface area contributed by atoms with Crippen LogP contribution in [0.5, 0.6) is 0 Å². The van der Waals surface area contributed by atoms with E-state index in [-0.39, 0.29) is 0 Å². The van der Waals surface area contributed by atoms with Crippen LogP contribution in [0.15, 0.2) is 79.9 Å². The molecule has 7 heteroatoms. The molecule has 3 N–H and O–H groups in total. The fraction of sp³-hybridized carbons (Fsp3) is 0.250. The number of fused-ring (bicyclic) bond motifs is 1. The van der Waals surface area contributed by atoms with Gasteiger partial charge in [0.15, 0.2) is 5.82 Å². The Bertz CT molecular complexity index is 1620. The Kier molecular flexibility index (Phi) is 7.15. The van der Waals surface area contributed by atoms with E-state index in [0.29, 0.717) is 5.82 Å². The number of nitrogens with zero attached hydrogens (tertiary/aromatic N) is 4. The van der Waals surface area contributed by atoms with E-state index in [9.17, 15) is 0 Å². The minimum absolute atomic E-state index is 0.716. The molecule has 0 amide bonds. The lowest BCUT2D eigenvalue weighted by Crippen LogP contribution is -2.20. The number of allylic oxidation sites excluding steroid dienone is 2. The lowest BCUT2D eigenvalue weighted by Gasteiger charge is -2.11. The summed E-state index contributed by atoms with van der Waals surface area (Å²) in [5, 5.41) is 12.4. The Morgan fingerprint density at radius 3 is 2.79 bits per heavy atom. The normalized spacial score (nSPS) is 14.3. The van der Waals surface area contributed by atoms with Gasteiger partial charge in [-0.25, -0.2) is 4.98 Å². The Morgan fingerprint density at radius 1 is 1.08 bits per heavy atom. The van der Waals surface area contributed by atoms with Gasteiger partial charge in [-0.1, -0.05) is 43.7 Å². The smallest absolute Gasteiger partial charge is 0.159 e. The van der Waals surface area contributed by atoms with E-state index in [4.69, 9.17) is 4.98 Å². The van der Waals surface area contributed by atoms with Gasteiger partial charge in [-0.3, -0.25) is 15.1 Å². The summed E-state index contributed by atoms with van der Waals surface area (Å²) >= 11 is 0. The number of H-pyrrole nitrogens is 2. The van der Waals surface area contributed by atoms with E-state index < -0.39 is 0 Å². The lowest BCUT2D eigenvalue weighted by molar-refractivity contribution is 0.489. The highest BCUT2D eigenvalue weighted by Gasteiger charge is 2.18.